The van der Waals surface area contributed by atoms with Gasteiger partial charge in [-0.2, -0.15) is 5.26 Å². The quantitative estimate of drug-likeness (QED) is 0.540. The van der Waals surface area contributed by atoms with Crippen LogP contribution in [-0.2, 0) is 0 Å². The third-order valence-electron chi connectivity index (χ3n) is 1.18. The summed E-state index contributed by atoms with van der Waals surface area (Å²) in [6.45, 7) is 1.52. The Labute approximate surface area is 57.9 Å². The standard InChI is InChI=1S/C7H5FN2/c1-5-7(8)6(4-9)2-3-10-5/h2-3H,1H3. The summed E-state index contributed by atoms with van der Waals surface area (Å²) in [5, 5.41) is 8.33. The van der Waals surface area contributed by atoms with Crippen molar-refractivity contribution >= 4 is 0 Å². The molecule has 0 unspecified atom stereocenters. The summed E-state index contributed by atoms with van der Waals surface area (Å²) >= 11 is 0. The van der Waals surface area contributed by atoms with Crippen LogP contribution in [0.2, 0.25) is 0 Å². The molecule has 0 saturated heterocycles. The summed E-state index contributed by atoms with van der Waals surface area (Å²) in [6, 6.07) is 3.07. The first-order valence-corrected chi connectivity index (χ1v) is 2.77. The van der Waals surface area contributed by atoms with E-state index in [1.807, 2.05) is 0 Å². The van der Waals surface area contributed by atoms with E-state index < -0.39 is 5.82 Å². The van der Waals surface area contributed by atoms with E-state index in [4.69, 9.17) is 5.26 Å². The van der Waals surface area contributed by atoms with Crippen LogP contribution in [0.25, 0.3) is 0 Å². The second-order valence-electron chi connectivity index (χ2n) is 1.87. The molecule has 50 valence electrons. The molecule has 0 aliphatic heterocycles. The maximum Gasteiger partial charge on any atom is 0.162 e. The van der Waals surface area contributed by atoms with Crippen LogP contribution in [0.15, 0.2) is 12.3 Å². The third kappa shape index (κ3) is 0.960. The van der Waals surface area contributed by atoms with Crippen molar-refractivity contribution < 1.29 is 4.39 Å². The normalized spacial score (nSPS) is 8.90. The molecule has 0 N–H and O–H groups in total. The van der Waals surface area contributed by atoms with E-state index in [9.17, 15) is 4.39 Å². The van der Waals surface area contributed by atoms with E-state index in [1.165, 1.54) is 19.2 Å². The van der Waals surface area contributed by atoms with Gasteiger partial charge in [0.1, 0.15) is 6.07 Å². The molecule has 0 aromatic carbocycles. The molecule has 1 rings (SSSR count). The van der Waals surface area contributed by atoms with E-state index in [1.54, 1.807) is 6.07 Å². The van der Waals surface area contributed by atoms with E-state index in [0.29, 0.717) is 0 Å². The van der Waals surface area contributed by atoms with Gasteiger partial charge in [-0.1, -0.05) is 0 Å². The molecule has 2 nitrogen and oxygen atoms in total. The maximum absolute atomic E-state index is 12.7. The summed E-state index contributed by atoms with van der Waals surface area (Å²) in [5.74, 6) is -0.523. The minimum Gasteiger partial charge on any atom is -0.258 e. The Morgan fingerprint density at radius 1 is 1.70 bits per heavy atom. The number of pyridine rings is 1. The molecule has 0 fully saturated rings. The van der Waals surface area contributed by atoms with Crippen LogP contribution < -0.4 is 0 Å². The Morgan fingerprint density at radius 3 is 2.90 bits per heavy atom. The van der Waals surface area contributed by atoms with Crippen molar-refractivity contribution in [1.29, 1.82) is 5.26 Å². The van der Waals surface area contributed by atoms with Crippen LogP contribution in [0.5, 0.6) is 0 Å². The molecular formula is C7H5FN2. The Morgan fingerprint density at radius 2 is 2.40 bits per heavy atom. The second-order valence-corrected chi connectivity index (χ2v) is 1.87. The molecule has 0 spiro atoms. The van der Waals surface area contributed by atoms with Gasteiger partial charge in [0.2, 0.25) is 0 Å². The van der Waals surface area contributed by atoms with Crippen LogP contribution in [0.1, 0.15) is 11.3 Å². The van der Waals surface area contributed by atoms with Crippen molar-refractivity contribution in [3.05, 3.63) is 29.3 Å². The van der Waals surface area contributed by atoms with Gasteiger partial charge in [0.15, 0.2) is 5.82 Å². The number of halogens is 1. The maximum atomic E-state index is 12.7. The summed E-state index contributed by atoms with van der Waals surface area (Å²) in [6.07, 6.45) is 1.41. The number of aryl methyl sites for hydroxylation is 1. The van der Waals surface area contributed by atoms with Crippen LogP contribution in [0, 0.1) is 24.1 Å². The molecule has 0 atom stereocenters. The second kappa shape index (κ2) is 2.44. The fraction of sp³-hybridized carbons (Fsp3) is 0.143. The first-order chi connectivity index (χ1) is 4.75. The van der Waals surface area contributed by atoms with E-state index in [2.05, 4.69) is 4.98 Å². The van der Waals surface area contributed by atoms with Gasteiger partial charge in [-0.3, -0.25) is 4.98 Å². The van der Waals surface area contributed by atoms with Crippen LogP contribution in [0.3, 0.4) is 0 Å². The number of hydrogen-bond donors (Lipinski definition) is 0. The SMILES string of the molecule is Cc1nccc(C#N)c1F. The molecule has 1 aromatic rings. The predicted molar refractivity (Wildman–Crippen MR) is 33.6 cm³/mol. The zero-order chi connectivity index (χ0) is 7.56. The molecule has 0 aliphatic carbocycles. The lowest BCUT2D eigenvalue weighted by molar-refractivity contribution is 0.606. The van der Waals surface area contributed by atoms with Gasteiger partial charge in [0, 0.05) is 6.20 Å². The highest BCUT2D eigenvalue weighted by molar-refractivity contribution is 5.30. The fourth-order valence-corrected chi connectivity index (χ4v) is 0.635. The highest BCUT2D eigenvalue weighted by atomic mass is 19.1. The van der Waals surface area contributed by atoms with Crippen LogP contribution >= 0.6 is 0 Å². The average Bonchev–Trinajstić information content (AvgIpc) is 1.95. The van der Waals surface area contributed by atoms with Gasteiger partial charge in [-0.25, -0.2) is 4.39 Å². The van der Waals surface area contributed by atoms with Crippen molar-refractivity contribution in [3.63, 3.8) is 0 Å². The van der Waals surface area contributed by atoms with Gasteiger partial charge in [-0.05, 0) is 13.0 Å². The van der Waals surface area contributed by atoms with Gasteiger partial charge < -0.3 is 0 Å². The minimum atomic E-state index is -0.523. The molecule has 1 aromatic heterocycles. The lowest BCUT2D eigenvalue weighted by atomic mass is 10.2. The van der Waals surface area contributed by atoms with Gasteiger partial charge >= 0.3 is 0 Å². The number of hydrogen-bond acceptors (Lipinski definition) is 2. The van der Waals surface area contributed by atoms with Crippen LogP contribution in [0.4, 0.5) is 4.39 Å². The van der Waals surface area contributed by atoms with Crippen molar-refractivity contribution in [1.82, 2.24) is 4.98 Å². The average molecular weight is 136 g/mol. The molecule has 0 aliphatic rings. The van der Waals surface area contributed by atoms with Crippen molar-refractivity contribution in [2.45, 2.75) is 6.92 Å². The first-order valence-electron chi connectivity index (χ1n) is 2.77. The summed E-state index contributed by atoms with van der Waals surface area (Å²) in [7, 11) is 0. The Kier molecular flexibility index (Phi) is 1.63. The molecule has 0 saturated carbocycles. The molecule has 3 heteroatoms. The molecule has 0 radical (unpaired) electrons. The third-order valence-corrected chi connectivity index (χ3v) is 1.18. The van der Waals surface area contributed by atoms with E-state index in [0.717, 1.165) is 0 Å². The smallest absolute Gasteiger partial charge is 0.162 e. The lowest BCUT2D eigenvalue weighted by Crippen LogP contribution is -1.90. The zero-order valence-corrected chi connectivity index (χ0v) is 5.43. The first kappa shape index (κ1) is 6.69. The molecule has 0 amide bonds. The number of rotatable bonds is 0. The fourth-order valence-electron chi connectivity index (χ4n) is 0.635. The Bertz CT molecular complexity index is 288. The van der Waals surface area contributed by atoms with Gasteiger partial charge in [0.25, 0.3) is 0 Å². The molecular weight excluding hydrogens is 131 g/mol. The number of nitriles is 1. The van der Waals surface area contributed by atoms with Crippen molar-refractivity contribution in [3.8, 4) is 6.07 Å². The Balaban J connectivity index is 3.31. The van der Waals surface area contributed by atoms with Crippen molar-refractivity contribution in [2.75, 3.05) is 0 Å². The van der Waals surface area contributed by atoms with Crippen molar-refractivity contribution in [2.24, 2.45) is 0 Å². The van der Waals surface area contributed by atoms with Gasteiger partial charge in [-0.15, -0.1) is 0 Å². The Hall–Kier alpha value is -1.43. The van der Waals surface area contributed by atoms with E-state index >= 15 is 0 Å². The number of nitrogens with zero attached hydrogens (tertiary/aromatic N) is 2. The predicted octanol–water partition coefficient (Wildman–Crippen LogP) is 1.40. The highest BCUT2D eigenvalue weighted by Gasteiger charge is 2.02. The largest absolute Gasteiger partial charge is 0.258 e. The number of aromatic nitrogens is 1. The lowest BCUT2D eigenvalue weighted by Gasteiger charge is -1.93. The molecule has 0 bridgehead atoms. The highest BCUT2D eigenvalue weighted by Crippen LogP contribution is 2.06. The summed E-state index contributed by atoms with van der Waals surface area (Å²) < 4.78 is 12.7. The van der Waals surface area contributed by atoms with E-state index in [-0.39, 0.29) is 11.3 Å². The topological polar surface area (TPSA) is 36.7 Å². The van der Waals surface area contributed by atoms with Crippen LogP contribution in [-0.4, -0.2) is 4.98 Å². The van der Waals surface area contributed by atoms with Gasteiger partial charge in [0.05, 0.1) is 11.3 Å². The summed E-state index contributed by atoms with van der Waals surface area (Å²) in [5.41, 5.74) is 0.312. The minimum absolute atomic E-state index is 0.0486. The molecule has 1 heterocycles. The monoisotopic (exact) mass is 136 g/mol. The summed E-state index contributed by atoms with van der Waals surface area (Å²) in [4.78, 5) is 3.66. The zero-order valence-electron chi connectivity index (χ0n) is 5.43. The molecule has 10 heavy (non-hydrogen) atoms.